The molecule has 84 valence electrons. The summed E-state index contributed by atoms with van der Waals surface area (Å²) in [4.78, 5) is 15.9. The maximum atomic E-state index is 11.5. The van der Waals surface area contributed by atoms with Gasteiger partial charge in [-0.15, -0.1) is 0 Å². The summed E-state index contributed by atoms with van der Waals surface area (Å²) in [6, 6.07) is 7.35. The number of nitrogens with one attached hydrogen (secondary N) is 1. The Morgan fingerprint density at radius 2 is 2.19 bits per heavy atom. The molecule has 0 bridgehead atoms. The number of fused-ring (bicyclic) bond motifs is 1. The largest absolute Gasteiger partial charge is 0.316 e. The molecule has 0 radical (unpaired) electrons. The van der Waals surface area contributed by atoms with E-state index in [9.17, 15) is 4.79 Å². The van der Waals surface area contributed by atoms with Crippen molar-refractivity contribution in [3.05, 3.63) is 30.1 Å². The summed E-state index contributed by atoms with van der Waals surface area (Å²) in [5.41, 5.74) is 3.98. The SMILES string of the molecule is Cc1nc2ccccc2n1C(C)C(=O)NN. The summed E-state index contributed by atoms with van der Waals surface area (Å²) in [7, 11) is 0. The minimum atomic E-state index is -0.364. The lowest BCUT2D eigenvalue weighted by molar-refractivity contribution is -0.123. The first kappa shape index (κ1) is 10.6. The van der Waals surface area contributed by atoms with Crippen molar-refractivity contribution in [2.24, 2.45) is 5.84 Å². The van der Waals surface area contributed by atoms with E-state index in [2.05, 4.69) is 10.4 Å². The lowest BCUT2D eigenvalue weighted by atomic mass is 10.2. The van der Waals surface area contributed by atoms with Crippen LogP contribution in [0.1, 0.15) is 18.8 Å². The Bertz CT molecular complexity index is 532. The van der Waals surface area contributed by atoms with E-state index in [0.717, 1.165) is 16.9 Å². The van der Waals surface area contributed by atoms with Gasteiger partial charge in [-0.1, -0.05) is 12.1 Å². The van der Waals surface area contributed by atoms with E-state index in [0.29, 0.717) is 0 Å². The maximum Gasteiger partial charge on any atom is 0.256 e. The zero-order valence-corrected chi connectivity index (χ0v) is 9.27. The van der Waals surface area contributed by atoms with Gasteiger partial charge in [0, 0.05) is 0 Å². The van der Waals surface area contributed by atoms with E-state index in [1.165, 1.54) is 0 Å². The minimum absolute atomic E-state index is 0.230. The monoisotopic (exact) mass is 218 g/mol. The lowest BCUT2D eigenvalue weighted by Crippen LogP contribution is -2.36. The number of carbonyl (C=O) groups excluding carboxylic acids is 1. The smallest absolute Gasteiger partial charge is 0.256 e. The van der Waals surface area contributed by atoms with Gasteiger partial charge in [-0.2, -0.15) is 0 Å². The third-order valence-corrected chi connectivity index (χ3v) is 2.68. The second-order valence-corrected chi connectivity index (χ2v) is 3.70. The summed E-state index contributed by atoms with van der Waals surface area (Å²) in [5.74, 6) is 5.71. The van der Waals surface area contributed by atoms with Crippen LogP contribution in [-0.2, 0) is 4.79 Å². The average Bonchev–Trinajstić information content (AvgIpc) is 2.63. The Hall–Kier alpha value is -1.88. The molecule has 2 rings (SSSR count). The molecule has 1 heterocycles. The fourth-order valence-electron chi connectivity index (χ4n) is 1.89. The Balaban J connectivity index is 2.59. The molecule has 2 aromatic rings. The van der Waals surface area contributed by atoms with Crippen LogP contribution in [-0.4, -0.2) is 15.5 Å². The number of nitrogens with two attached hydrogens (primary N) is 1. The van der Waals surface area contributed by atoms with Crippen LogP contribution in [0, 0.1) is 6.92 Å². The molecule has 0 aliphatic carbocycles. The first-order chi connectivity index (χ1) is 7.65. The van der Waals surface area contributed by atoms with Gasteiger partial charge >= 0.3 is 0 Å². The number of hydrazine groups is 1. The Labute approximate surface area is 93.2 Å². The first-order valence-corrected chi connectivity index (χ1v) is 5.09. The van der Waals surface area contributed by atoms with Crippen LogP contribution in [0.2, 0.25) is 0 Å². The lowest BCUT2D eigenvalue weighted by Gasteiger charge is -2.14. The summed E-state index contributed by atoms with van der Waals surface area (Å²) < 4.78 is 1.87. The van der Waals surface area contributed by atoms with Gasteiger partial charge in [-0.25, -0.2) is 10.8 Å². The van der Waals surface area contributed by atoms with Crippen molar-refractivity contribution in [2.75, 3.05) is 0 Å². The molecule has 5 nitrogen and oxygen atoms in total. The van der Waals surface area contributed by atoms with Crippen LogP contribution in [0.4, 0.5) is 0 Å². The van der Waals surface area contributed by atoms with Gasteiger partial charge in [-0.05, 0) is 26.0 Å². The van der Waals surface area contributed by atoms with E-state index in [4.69, 9.17) is 5.84 Å². The number of hydrogen-bond acceptors (Lipinski definition) is 3. The third-order valence-electron chi connectivity index (χ3n) is 2.68. The van der Waals surface area contributed by atoms with Crippen LogP contribution in [0.25, 0.3) is 11.0 Å². The second kappa shape index (κ2) is 3.94. The van der Waals surface area contributed by atoms with Crippen molar-refractivity contribution in [3.63, 3.8) is 0 Å². The predicted octanol–water partition coefficient (Wildman–Crippen LogP) is 0.896. The van der Waals surface area contributed by atoms with Crippen molar-refractivity contribution in [3.8, 4) is 0 Å². The predicted molar refractivity (Wildman–Crippen MR) is 61.5 cm³/mol. The highest BCUT2D eigenvalue weighted by molar-refractivity contribution is 5.83. The quantitative estimate of drug-likeness (QED) is 0.447. The fraction of sp³-hybridized carbons (Fsp3) is 0.273. The highest BCUT2D eigenvalue weighted by Crippen LogP contribution is 2.20. The highest BCUT2D eigenvalue weighted by atomic mass is 16.2. The van der Waals surface area contributed by atoms with Crippen LogP contribution in [0.5, 0.6) is 0 Å². The fourth-order valence-corrected chi connectivity index (χ4v) is 1.89. The summed E-state index contributed by atoms with van der Waals surface area (Å²) in [6.45, 7) is 3.67. The molecular weight excluding hydrogens is 204 g/mol. The molecule has 1 aromatic carbocycles. The normalized spacial score (nSPS) is 12.7. The summed E-state index contributed by atoms with van der Waals surface area (Å²) in [5, 5.41) is 0. The molecule has 0 spiro atoms. The van der Waals surface area contributed by atoms with E-state index in [1.54, 1.807) is 6.92 Å². The van der Waals surface area contributed by atoms with Gasteiger partial charge in [0.2, 0.25) is 0 Å². The van der Waals surface area contributed by atoms with Crippen molar-refractivity contribution < 1.29 is 4.79 Å². The van der Waals surface area contributed by atoms with Crippen LogP contribution in [0.15, 0.2) is 24.3 Å². The number of imidazole rings is 1. The zero-order chi connectivity index (χ0) is 11.7. The first-order valence-electron chi connectivity index (χ1n) is 5.09. The molecular formula is C11H14N4O. The summed E-state index contributed by atoms with van der Waals surface area (Å²) >= 11 is 0. The number of aryl methyl sites for hydroxylation is 1. The Kier molecular flexibility index (Phi) is 2.62. The molecule has 1 amide bonds. The Morgan fingerprint density at radius 3 is 2.88 bits per heavy atom. The summed E-state index contributed by atoms with van der Waals surface area (Å²) in [6.07, 6.45) is 0. The highest BCUT2D eigenvalue weighted by Gasteiger charge is 2.18. The molecule has 16 heavy (non-hydrogen) atoms. The third kappa shape index (κ3) is 1.55. The number of carbonyl (C=O) groups is 1. The zero-order valence-electron chi connectivity index (χ0n) is 9.27. The standard InChI is InChI=1S/C11H14N4O/c1-7(11(16)14-12)15-8(2)13-9-5-3-4-6-10(9)15/h3-7H,12H2,1-2H3,(H,14,16). The van der Waals surface area contributed by atoms with Crippen LogP contribution < -0.4 is 11.3 Å². The molecule has 0 fully saturated rings. The van der Waals surface area contributed by atoms with Gasteiger partial charge in [0.15, 0.2) is 0 Å². The molecule has 1 unspecified atom stereocenters. The molecule has 0 aliphatic heterocycles. The van der Waals surface area contributed by atoms with E-state index in [1.807, 2.05) is 35.8 Å². The number of para-hydroxylation sites is 2. The van der Waals surface area contributed by atoms with Crippen molar-refractivity contribution in [2.45, 2.75) is 19.9 Å². The van der Waals surface area contributed by atoms with Gasteiger partial charge in [0.25, 0.3) is 5.91 Å². The topological polar surface area (TPSA) is 72.9 Å². The van der Waals surface area contributed by atoms with E-state index < -0.39 is 0 Å². The molecule has 0 aliphatic rings. The van der Waals surface area contributed by atoms with Gasteiger partial charge < -0.3 is 4.57 Å². The van der Waals surface area contributed by atoms with Crippen LogP contribution in [0.3, 0.4) is 0 Å². The molecule has 0 saturated heterocycles. The van der Waals surface area contributed by atoms with Crippen molar-refractivity contribution in [1.29, 1.82) is 0 Å². The molecule has 3 N–H and O–H groups in total. The number of aromatic nitrogens is 2. The molecule has 5 heteroatoms. The molecule has 0 saturated carbocycles. The number of amides is 1. The number of hydrogen-bond donors (Lipinski definition) is 2. The van der Waals surface area contributed by atoms with Crippen LogP contribution >= 0.6 is 0 Å². The van der Waals surface area contributed by atoms with E-state index >= 15 is 0 Å². The number of benzene rings is 1. The van der Waals surface area contributed by atoms with Gasteiger partial charge in [0.1, 0.15) is 11.9 Å². The molecule has 1 aromatic heterocycles. The Morgan fingerprint density at radius 1 is 1.50 bits per heavy atom. The average molecular weight is 218 g/mol. The number of nitrogens with zero attached hydrogens (tertiary/aromatic N) is 2. The van der Waals surface area contributed by atoms with Crippen molar-refractivity contribution >= 4 is 16.9 Å². The minimum Gasteiger partial charge on any atom is -0.316 e. The van der Waals surface area contributed by atoms with Gasteiger partial charge in [0.05, 0.1) is 11.0 Å². The van der Waals surface area contributed by atoms with E-state index in [-0.39, 0.29) is 11.9 Å². The number of rotatable bonds is 2. The maximum absolute atomic E-state index is 11.5. The molecule has 1 atom stereocenters. The van der Waals surface area contributed by atoms with Crippen molar-refractivity contribution in [1.82, 2.24) is 15.0 Å². The van der Waals surface area contributed by atoms with Gasteiger partial charge in [-0.3, -0.25) is 10.2 Å². The second-order valence-electron chi connectivity index (χ2n) is 3.70.